The third-order valence-electron chi connectivity index (χ3n) is 2.56. The molecule has 0 unspecified atom stereocenters. The zero-order valence-corrected chi connectivity index (χ0v) is 11.2. The average molecular weight is 292 g/mol. The fourth-order valence-corrected chi connectivity index (χ4v) is 1.87. The first-order valence-electron chi connectivity index (χ1n) is 5.65. The van der Waals surface area contributed by atoms with Crippen molar-refractivity contribution in [2.75, 3.05) is 5.32 Å². The first kappa shape index (κ1) is 14.0. The van der Waals surface area contributed by atoms with Crippen molar-refractivity contribution < 1.29 is 9.72 Å². The lowest BCUT2D eigenvalue weighted by Gasteiger charge is -2.06. The molecule has 7 heteroatoms. The van der Waals surface area contributed by atoms with Crippen LogP contribution in [0, 0.1) is 17.0 Å². The van der Waals surface area contributed by atoms with Crippen molar-refractivity contribution >= 4 is 28.9 Å². The summed E-state index contributed by atoms with van der Waals surface area (Å²) in [5, 5.41) is 13.2. The maximum absolute atomic E-state index is 12.0. The number of pyridine rings is 1. The number of rotatable bonds is 3. The van der Waals surface area contributed by atoms with Crippen molar-refractivity contribution in [2.24, 2.45) is 0 Å². The average Bonchev–Trinajstić information content (AvgIpc) is 2.38. The Morgan fingerprint density at radius 3 is 2.70 bits per heavy atom. The van der Waals surface area contributed by atoms with Gasteiger partial charge in [0.05, 0.1) is 4.92 Å². The number of nitro groups is 1. The molecule has 0 aliphatic rings. The highest BCUT2D eigenvalue weighted by Gasteiger charge is 2.15. The van der Waals surface area contributed by atoms with Crippen LogP contribution in [0.25, 0.3) is 0 Å². The Balaban J connectivity index is 2.22. The van der Waals surface area contributed by atoms with Gasteiger partial charge in [0, 0.05) is 29.2 Å². The number of carbonyl (C=O) groups is 1. The minimum atomic E-state index is -0.601. The molecule has 0 atom stereocenters. The summed E-state index contributed by atoms with van der Waals surface area (Å²) in [6.45, 7) is 1.80. The van der Waals surface area contributed by atoms with Gasteiger partial charge in [0.25, 0.3) is 11.6 Å². The first-order valence-corrected chi connectivity index (χ1v) is 6.03. The summed E-state index contributed by atoms with van der Waals surface area (Å²) in [5.74, 6) is -0.396. The Hall–Kier alpha value is -2.47. The molecule has 20 heavy (non-hydrogen) atoms. The van der Waals surface area contributed by atoms with Crippen molar-refractivity contribution in [2.45, 2.75) is 6.92 Å². The molecule has 1 N–H and O–H groups in total. The summed E-state index contributed by atoms with van der Waals surface area (Å²) in [7, 11) is 0. The normalized spacial score (nSPS) is 10.1. The fourth-order valence-electron chi connectivity index (χ4n) is 1.62. The second kappa shape index (κ2) is 5.66. The third kappa shape index (κ3) is 3.10. The van der Waals surface area contributed by atoms with Gasteiger partial charge in [-0.2, -0.15) is 0 Å². The zero-order valence-electron chi connectivity index (χ0n) is 10.5. The van der Waals surface area contributed by atoms with E-state index in [0.29, 0.717) is 5.69 Å². The lowest BCUT2D eigenvalue weighted by atomic mass is 10.2. The van der Waals surface area contributed by atoms with Gasteiger partial charge >= 0.3 is 0 Å². The van der Waals surface area contributed by atoms with E-state index in [4.69, 9.17) is 11.6 Å². The van der Waals surface area contributed by atoms with Gasteiger partial charge in [-0.25, -0.2) is 0 Å². The summed E-state index contributed by atoms with van der Waals surface area (Å²) >= 11 is 5.77. The van der Waals surface area contributed by atoms with Crippen molar-refractivity contribution in [3.05, 3.63) is 62.9 Å². The molecule has 1 heterocycles. The van der Waals surface area contributed by atoms with Crippen LogP contribution in [0.1, 0.15) is 16.1 Å². The molecule has 2 aromatic rings. The van der Waals surface area contributed by atoms with Crippen molar-refractivity contribution in [3.63, 3.8) is 0 Å². The SMILES string of the molecule is Cc1cc(NC(=O)c2ccc([N+](=O)[O-])c(Cl)c2)ccn1. The number of hydrogen-bond donors (Lipinski definition) is 1. The number of nitro benzene ring substituents is 1. The Kier molecular flexibility index (Phi) is 3.95. The number of amides is 1. The van der Waals surface area contributed by atoms with Crippen LogP contribution in [0.3, 0.4) is 0 Å². The maximum atomic E-state index is 12.0. The molecule has 0 fully saturated rings. The van der Waals surface area contributed by atoms with Crippen molar-refractivity contribution in [3.8, 4) is 0 Å². The molecule has 1 aromatic heterocycles. The van der Waals surface area contributed by atoms with Crippen LogP contribution >= 0.6 is 11.6 Å². The zero-order chi connectivity index (χ0) is 14.7. The topological polar surface area (TPSA) is 85.1 Å². The summed E-state index contributed by atoms with van der Waals surface area (Å²) in [6, 6.07) is 7.19. The third-order valence-corrected chi connectivity index (χ3v) is 2.86. The maximum Gasteiger partial charge on any atom is 0.287 e. The molecule has 0 radical (unpaired) electrons. The lowest BCUT2D eigenvalue weighted by molar-refractivity contribution is -0.384. The molecule has 1 aromatic carbocycles. The summed E-state index contributed by atoms with van der Waals surface area (Å²) < 4.78 is 0. The smallest absolute Gasteiger partial charge is 0.287 e. The molecule has 102 valence electrons. The van der Waals surface area contributed by atoms with E-state index in [2.05, 4.69) is 10.3 Å². The minimum Gasteiger partial charge on any atom is -0.322 e. The van der Waals surface area contributed by atoms with Gasteiger partial charge in [0.2, 0.25) is 0 Å². The number of halogens is 1. The summed E-state index contributed by atoms with van der Waals surface area (Å²) in [5.41, 5.74) is 1.37. The van der Waals surface area contributed by atoms with Crippen LogP contribution in [-0.2, 0) is 0 Å². The minimum absolute atomic E-state index is 0.0754. The Bertz CT molecular complexity index is 688. The Morgan fingerprint density at radius 2 is 2.10 bits per heavy atom. The largest absolute Gasteiger partial charge is 0.322 e. The second-order valence-corrected chi connectivity index (χ2v) is 4.47. The number of carbonyl (C=O) groups excluding carboxylic acids is 1. The van der Waals surface area contributed by atoms with E-state index in [9.17, 15) is 14.9 Å². The Labute approximate surface area is 119 Å². The van der Waals surface area contributed by atoms with E-state index in [0.717, 1.165) is 5.69 Å². The molecule has 0 saturated carbocycles. The predicted molar refractivity (Wildman–Crippen MR) is 75.0 cm³/mol. The predicted octanol–water partition coefficient (Wildman–Crippen LogP) is 3.20. The monoisotopic (exact) mass is 291 g/mol. The Morgan fingerprint density at radius 1 is 1.35 bits per heavy atom. The van der Waals surface area contributed by atoms with E-state index in [1.807, 2.05) is 0 Å². The van der Waals surface area contributed by atoms with Gasteiger partial charge in [-0.1, -0.05) is 11.6 Å². The molecule has 0 spiro atoms. The molecule has 0 saturated heterocycles. The molecular formula is C13H10ClN3O3. The highest BCUT2D eigenvalue weighted by atomic mass is 35.5. The number of nitrogens with zero attached hydrogens (tertiary/aromatic N) is 2. The molecule has 0 bridgehead atoms. The molecule has 2 rings (SSSR count). The molecule has 1 amide bonds. The van der Waals surface area contributed by atoms with E-state index >= 15 is 0 Å². The van der Waals surface area contributed by atoms with Crippen LogP contribution < -0.4 is 5.32 Å². The highest BCUT2D eigenvalue weighted by molar-refractivity contribution is 6.33. The number of nitrogens with one attached hydrogen (secondary N) is 1. The van der Waals surface area contributed by atoms with E-state index in [1.54, 1.807) is 25.3 Å². The van der Waals surface area contributed by atoms with Crippen LogP contribution in [0.5, 0.6) is 0 Å². The summed E-state index contributed by atoms with van der Waals surface area (Å²) in [4.78, 5) is 26.1. The van der Waals surface area contributed by atoms with Gasteiger partial charge in [-0.3, -0.25) is 19.9 Å². The van der Waals surface area contributed by atoms with Gasteiger partial charge < -0.3 is 5.32 Å². The highest BCUT2D eigenvalue weighted by Crippen LogP contribution is 2.25. The number of anilines is 1. The molecular weight excluding hydrogens is 282 g/mol. The number of aryl methyl sites for hydroxylation is 1. The van der Waals surface area contributed by atoms with Crippen molar-refractivity contribution in [1.29, 1.82) is 0 Å². The van der Waals surface area contributed by atoms with Gasteiger partial charge in [0.15, 0.2) is 0 Å². The molecule has 0 aliphatic heterocycles. The quantitative estimate of drug-likeness (QED) is 0.695. The van der Waals surface area contributed by atoms with Crippen LogP contribution in [0.15, 0.2) is 36.5 Å². The van der Waals surface area contributed by atoms with E-state index in [1.165, 1.54) is 18.2 Å². The summed E-state index contributed by atoms with van der Waals surface area (Å²) in [6.07, 6.45) is 1.58. The van der Waals surface area contributed by atoms with Gasteiger partial charge in [-0.05, 0) is 31.2 Å². The molecule has 6 nitrogen and oxygen atoms in total. The van der Waals surface area contributed by atoms with Gasteiger partial charge in [0.1, 0.15) is 5.02 Å². The van der Waals surface area contributed by atoms with Crippen LogP contribution in [-0.4, -0.2) is 15.8 Å². The van der Waals surface area contributed by atoms with Crippen molar-refractivity contribution in [1.82, 2.24) is 4.98 Å². The van der Waals surface area contributed by atoms with Crippen LogP contribution in [0.4, 0.5) is 11.4 Å². The van der Waals surface area contributed by atoms with Gasteiger partial charge in [-0.15, -0.1) is 0 Å². The molecule has 0 aliphatic carbocycles. The number of hydrogen-bond acceptors (Lipinski definition) is 4. The fraction of sp³-hybridized carbons (Fsp3) is 0.0769. The standard InChI is InChI=1S/C13H10ClN3O3/c1-8-6-10(4-5-15-8)16-13(18)9-2-3-12(17(19)20)11(14)7-9/h2-7H,1H3,(H,15,16,18). The first-order chi connectivity index (χ1) is 9.47. The van der Waals surface area contributed by atoms with E-state index in [-0.39, 0.29) is 16.3 Å². The number of aromatic nitrogens is 1. The van der Waals surface area contributed by atoms with E-state index < -0.39 is 10.8 Å². The second-order valence-electron chi connectivity index (χ2n) is 4.06. The lowest BCUT2D eigenvalue weighted by Crippen LogP contribution is -2.12. The number of benzene rings is 1. The van der Waals surface area contributed by atoms with Crippen LogP contribution in [0.2, 0.25) is 5.02 Å².